The molecule has 0 saturated carbocycles. The summed E-state index contributed by atoms with van der Waals surface area (Å²) in [6.07, 6.45) is 0. The van der Waals surface area contributed by atoms with E-state index in [1.165, 1.54) is 0 Å². The van der Waals surface area contributed by atoms with Crippen LogP contribution in [-0.4, -0.2) is 63.4 Å². The summed E-state index contributed by atoms with van der Waals surface area (Å²) in [5.41, 5.74) is 3.21. The first-order chi connectivity index (χ1) is 7.83. The van der Waals surface area contributed by atoms with Crippen LogP contribution < -0.4 is 16.1 Å². The lowest BCUT2D eigenvalue weighted by molar-refractivity contribution is -0.145. The summed E-state index contributed by atoms with van der Waals surface area (Å²) >= 11 is 0. The first kappa shape index (κ1) is 13.4. The maximum Gasteiger partial charge on any atom is 0.321 e. The molecule has 0 aromatic heterocycles. The maximum absolute atomic E-state index is 11.3. The molecule has 1 rings (SSSR count). The number of hydrazine groups is 1. The number of carbonyl (C=O) groups excluding carboxylic acids is 1. The van der Waals surface area contributed by atoms with Crippen LogP contribution in [0.4, 0.5) is 0 Å². The Hall–Kier alpha value is -0.690. The third-order valence-corrected chi connectivity index (χ3v) is 2.30. The van der Waals surface area contributed by atoms with Crippen LogP contribution in [0.15, 0.2) is 0 Å². The van der Waals surface area contributed by atoms with E-state index in [1.54, 1.807) is 0 Å². The molecule has 0 aromatic carbocycles. The Morgan fingerprint density at radius 3 is 2.62 bits per heavy atom. The predicted molar refractivity (Wildman–Crippen MR) is 61.9 cm³/mol. The second-order valence-corrected chi connectivity index (χ2v) is 3.63. The Balaban J connectivity index is 2.27. The Labute approximate surface area is 96.7 Å². The van der Waals surface area contributed by atoms with E-state index in [1.807, 2.05) is 11.9 Å². The second-order valence-electron chi connectivity index (χ2n) is 3.63. The van der Waals surface area contributed by atoms with E-state index in [0.717, 1.165) is 39.3 Å². The molecule has 0 aliphatic carbocycles. The number of carbonyl (C=O) groups is 1. The van der Waals surface area contributed by atoms with Gasteiger partial charge in [0.1, 0.15) is 6.54 Å². The second kappa shape index (κ2) is 8.46. The zero-order chi connectivity index (χ0) is 11.6. The Bertz CT molecular complexity index is 191. The molecule has 16 heavy (non-hydrogen) atoms. The van der Waals surface area contributed by atoms with Gasteiger partial charge in [-0.2, -0.15) is 0 Å². The van der Waals surface area contributed by atoms with Crippen molar-refractivity contribution in [1.29, 1.82) is 0 Å². The van der Waals surface area contributed by atoms with Crippen molar-refractivity contribution in [3.8, 4) is 0 Å². The summed E-state index contributed by atoms with van der Waals surface area (Å²) in [6, 6.07) is 0. The summed E-state index contributed by atoms with van der Waals surface area (Å²) < 4.78 is 4.92. The van der Waals surface area contributed by atoms with Gasteiger partial charge in [0.25, 0.3) is 0 Å². The van der Waals surface area contributed by atoms with E-state index >= 15 is 0 Å². The largest absolute Gasteiger partial charge is 0.465 e. The number of hydrogen-bond donors (Lipinski definition) is 3. The monoisotopic (exact) mass is 230 g/mol. The third-order valence-electron chi connectivity index (χ3n) is 2.30. The Morgan fingerprint density at radius 2 is 1.88 bits per heavy atom. The fourth-order valence-electron chi connectivity index (χ4n) is 1.52. The van der Waals surface area contributed by atoms with E-state index in [4.69, 9.17) is 4.74 Å². The minimum absolute atomic E-state index is 0.181. The molecular weight excluding hydrogens is 208 g/mol. The fourth-order valence-corrected chi connectivity index (χ4v) is 1.52. The van der Waals surface area contributed by atoms with Crippen molar-refractivity contribution in [2.24, 2.45) is 0 Å². The van der Waals surface area contributed by atoms with Crippen LogP contribution in [0, 0.1) is 0 Å². The van der Waals surface area contributed by atoms with Gasteiger partial charge in [-0.1, -0.05) is 0 Å². The minimum atomic E-state index is -0.181. The van der Waals surface area contributed by atoms with Crippen molar-refractivity contribution in [2.75, 3.05) is 52.4 Å². The first-order valence-corrected chi connectivity index (χ1v) is 5.88. The van der Waals surface area contributed by atoms with Crippen LogP contribution in [0.2, 0.25) is 0 Å². The number of nitrogens with one attached hydrogen (secondary N) is 3. The van der Waals surface area contributed by atoms with Crippen LogP contribution >= 0.6 is 0 Å². The number of esters is 1. The Morgan fingerprint density at radius 1 is 1.19 bits per heavy atom. The van der Waals surface area contributed by atoms with E-state index in [2.05, 4.69) is 16.1 Å². The van der Waals surface area contributed by atoms with Crippen molar-refractivity contribution < 1.29 is 9.53 Å². The zero-order valence-electron chi connectivity index (χ0n) is 9.92. The van der Waals surface area contributed by atoms with Crippen LogP contribution in [0.1, 0.15) is 6.92 Å². The molecule has 1 aliphatic rings. The minimum Gasteiger partial charge on any atom is -0.465 e. The molecular formula is C10H22N4O2. The van der Waals surface area contributed by atoms with Crippen molar-refractivity contribution in [2.45, 2.75) is 6.92 Å². The summed E-state index contributed by atoms with van der Waals surface area (Å²) in [5, 5.41) is 8.48. The van der Waals surface area contributed by atoms with Gasteiger partial charge in [0, 0.05) is 39.3 Å². The summed E-state index contributed by atoms with van der Waals surface area (Å²) in [4.78, 5) is 11.3. The van der Waals surface area contributed by atoms with Gasteiger partial charge in [-0.15, -0.1) is 0 Å². The zero-order valence-corrected chi connectivity index (χ0v) is 9.92. The van der Waals surface area contributed by atoms with Crippen LogP contribution in [-0.2, 0) is 9.53 Å². The molecule has 0 bridgehead atoms. The highest BCUT2D eigenvalue weighted by molar-refractivity contribution is 5.71. The highest BCUT2D eigenvalue weighted by Crippen LogP contribution is 1.86. The molecule has 0 amide bonds. The molecule has 0 atom stereocenters. The van der Waals surface area contributed by atoms with Crippen molar-refractivity contribution in [3.63, 3.8) is 0 Å². The van der Waals surface area contributed by atoms with Crippen molar-refractivity contribution in [3.05, 3.63) is 0 Å². The quantitative estimate of drug-likeness (QED) is 0.516. The molecule has 0 unspecified atom stereocenters. The lowest BCUT2D eigenvalue weighted by atomic mass is 10.4. The van der Waals surface area contributed by atoms with E-state index in [9.17, 15) is 4.79 Å². The summed E-state index contributed by atoms with van der Waals surface area (Å²) in [5.74, 6) is -0.181. The summed E-state index contributed by atoms with van der Waals surface area (Å²) in [7, 11) is 0. The average Bonchev–Trinajstić information content (AvgIpc) is 2.27. The first-order valence-electron chi connectivity index (χ1n) is 5.88. The van der Waals surface area contributed by atoms with Gasteiger partial charge in [0.15, 0.2) is 0 Å². The molecule has 3 N–H and O–H groups in total. The molecule has 94 valence electrons. The topological polar surface area (TPSA) is 65.6 Å². The van der Waals surface area contributed by atoms with Gasteiger partial charge in [-0.05, 0) is 6.92 Å². The fraction of sp³-hybridized carbons (Fsp3) is 0.900. The van der Waals surface area contributed by atoms with Gasteiger partial charge >= 0.3 is 5.97 Å². The van der Waals surface area contributed by atoms with E-state index in [-0.39, 0.29) is 5.97 Å². The maximum atomic E-state index is 11.3. The lowest BCUT2D eigenvalue weighted by Crippen LogP contribution is -2.49. The highest BCUT2D eigenvalue weighted by atomic mass is 16.5. The van der Waals surface area contributed by atoms with Crippen LogP contribution in [0.5, 0.6) is 0 Å². The SMILES string of the molecule is CCOC(=O)CN1CCNCCNCCN1. The third kappa shape index (κ3) is 6.02. The van der Waals surface area contributed by atoms with Crippen molar-refractivity contribution >= 4 is 5.97 Å². The van der Waals surface area contributed by atoms with Crippen LogP contribution in [0.25, 0.3) is 0 Å². The van der Waals surface area contributed by atoms with Gasteiger partial charge in [-0.3, -0.25) is 10.2 Å². The average molecular weight is 230 g/mol. The molecule has 0 aromatic rings. The smallest absolute Gasteiger partial charge is 0.321 e. The lowest BCUT2D eigenvalue weighted by Gasteiger charge is -2.24. The van der Waals surface area contributed by atoms with E-state index in [0.29, 0.717) is 13.2 Å². The molecule has 1 heterocycles. The van der Waals surface area contributed by atoms with Gasteiger partial charge in [0.05, 0.1) is 6.61 Å². The standard InChI is InChI=1S/C10H22N4O2/c1-2-16-10(15)9-14-8-7-12-4-3-11-5-6-13-14/h11-13H,2-9H2,1H3. The number of hydrogen-bond acceptors (Lipinski definition) is 6. The van der Waals surface area contributed by atoms with E-state index < -0.39 is 0 Å². The molecule has 1 saturated heterocycles. The molecule has 1 aliphatic heterocycles. The number of ether oxygens (including phenoxy) is 1. The molecule has 6 nitrogen and oxygen atoms in total. The number of rotatable bonds is 3. The van der Waals surface area contributed by atoms with Crippen LogP contribution in [0.3, 0.4) is 0 Å². The molecule has 0 radical (unpaired) electrons. The highest BCUT2D eigenvalue weighted by Gasteiger charge is 2.11. The summed E-state index contributed by atoms with van der Waals surface area (Å²) in [6.45, 7) is 7.92. The molecule has 0 spiro atoms. The molecule has 6 heteroatoms. The van der Waals surface area contributed by atoms with Gasteiger partial charge in [-0.25, -0.2) is 5.01 Å². The molecule has 1 fully saturated rings. The van der Waals surface area contributed by atoms with Crippen molar-refractivity contribution in [1.82, 2.24) is 21.1 Å². The van der Waals surface area contributed by atoms with Gasteiger partial charge < -0.3 is 15.4 Å². The Kier molecular flexibility index (Phi) is 7.07. The predicted octanol–water partition coefficient (Wildman–Crippen LogP) is -1.45. The number of nitrogens with zero attached hydrogens (tertiary/aromatic N) is 1. The van der Waals surface area contributed by atoms with Gasteiger partial charge in [0.2, 0.25) is 0 Å². The normalized spacial score (nSPS) is 20.3.